The van der Waals surface area contributed by atoms with E-state index in [4.69, 9.17) is 4.74 Å². The quantitative estimate of drug-likeness (QED) is 0.813. The van der Waals surface area contributed by atoms with Gasteiger partial charge in [0, 0.05) is 6.54 Å². The fourth-order valence-corrected chi connectivity index (χ4v) is 2.68. The van der Waals surface area contributed by atoms with Gasteiger partial charge in [-0.1, -0.05) is 25.0 Å². The van der Waals surface area contributed by atoms with Crippen LogP contribution >= 0.6 is 0 Å². The Balaban J connectivity index is 1.80. The molecule has 122 valence electrons. The fourth-order valence-electron chi connectivity index (χ4n) is 2.68. The van der Waals surface area contributed by atoms with E-state index in [2.05, 4.69) is 5.32 Å². The lowest BCUT2D eigenvalue weighted by molar-refractivity contribution is -0.126. The van der Waals surface area contributed by atoms with Crippen LogP contribution in [0, 0.1) is 0 Å². The highest BCUT2D eigenvalue weighted by Gasteiger charge is 2.33. The summed E-state index contributed by atoms with van der Waals surface area (Å²) < 4.78 is 29.1. The zero-order valence-corrected chi connectivity index (χ0v) is 12.4. The molecule has 2 N–H and O–H groups in total. The van der Waals surface area contributed by atoms with Crippen molar-refractivity contribution in [3.05, 3.63) is 29.8 Å². The first-order chi connectivity index (χ1) is 10.5. The number of amides is 1. The van der Waals surface area contributed by atoms with E-state index >= 15 is 0 Å². The summed E-state index contributed by atoms with van der Waals surface area (Å²) in [5.41, 5.74) is -0.106. The van der Waals surface area contributed by atoms with Crippen molar-refractivity contribution in [1.29, 1.82) is 0 Å². The number of aliphatic hydroxyl groups is 1. The number of rotatable bonds is 7. The lowest BCUT2D eigenvalue weighted by Gasteiger charge is -2.21. The molecule has 1 fully saturated rings. The van der Waals surface area contributed by atoms with E-state index in [1.807, 2.05) is 0 Å². The van der Waals surface area contributed by atoms with E-state index in [1.165, 1.54) is 0 Å². The molecular weight excluding hydrogens is 292 g/mol. The molecule has 0 radical (unpaired) electrons. The van der Waals surface area contributed by atoms with Crippen molar-refractivity contribution < 1.29 is 23.4 Å². The van der Waals surface area contributed by atoms with Gasteiger partial charge < -0.3 is 15.2 Å². The molecule has 22 heavy (non-hydrogen) atoms. The van der Waals surface area contributed by atoms with Crippen molar-refractivity contribution >= 4 is 5.91 Å². The van der Waals surface area contributed by atoms with Crippen LogP contribution in [0.3, 0.4) is 0 Å². The first-order valence-corrected chi connectivity index (χ1v) is 7.46. The summed E-state index contributed by atoms with van der Waals surface area (Å²) in [6, 6.07) is 6.68. The van der Waals surface area contributed by atoms with Gasteiger partial charge in [-0.25, -0.2) is 8.78 Å². The predicted octanol–water partition coefficient (Wildman–Crippen LogP) is 2.64. The number of benzene rings is 1. The molecule has 1 aliphatic carbocycles. The molecule has 4 nitrogen and oxygen atoms in total. The topological polar surface area (TPSA) is 58.6 Å². The van der Waals surface area contributed by atoms with Gasteiger partial charge in [0.1, 0.15) is 12.4 Å². The predicted molar refractivity (Wildman–Crippen MR) is 77.8 cm³/mol. The molecule has 1 aromatic carbocycles. The van der Waals surface area contributed by atoms with Crippen LogP contribution in [0.5, 0.6) is 5.75 Å². The number of hydrogen-bond acceptors (Lipinski definition) is 3. The van der Waals surface area contributed by atoms with Crippen LogP contribution in [0.4, 0.5) is 8.78 Å². The van der Waals surface area contributed by atoms with Gasteiger partial charge in [0.05, 0.1) is 12.0 Å². The number of nitrogens with one attached hydrogen (secondary N) is 1. The first-order valence-electron chi connectivity index (χ1n) is 7.46. The minimum Gasteiger partial charge on any atom is -0.488 e. The van der Waals surface area contributed by atoms with Crippen molar-refractivity contribution in [3.63, 3.8) is 0 Å². The van der Waals surface area contributed by atoms with Crippen LogP contribution < -0.4 is 10.1 Å². The minimum atomic E-state index is -2.52. The van der Waals surface area contributed by atoms with E-state index in [-0.39, 0.29) is 18.9 Å². The molecule has 0 heterocycles. The Kier molecular flexibility index (Phi) is 5.71. The molecule has 1 aromatic rings. The summed E-state index contributed by atoms with van der Waals surface area (Å²) in [4.78, 5) is 11.9. The largest absolute Gasteiger partial charge is 0.488 e. The molecule has 6 heteroatoms. The average Bonchev–Trinajstić information content (AvgIpc) is 2.90. The van der Waals surface area contributed by atoms with E-state index in [9.17, 15) is 18.7 Å². The zero-order valence-electron chi connectivity index (χ0n) is 12.4. The van der Waals surface area contributed by atoms with Crippen molar-refractivity contribution in [1.82, 2.24) is 5.32 Å². The Hall–Kier alpha value is -1.69. The maximum absolute atomic E-state index is 12.1. The molecule has 1 aliphatic rings. The van der Waals surface area contributed by atoms with Gasteiger partial charge in [-0.05, 0) is 30.5 Å². The van der Waals surface area contributed by atoms with Gasteiger partial charge >= 0.3 is 0 Å². The maximum atomic E-state index is 12.1. The molecule has 0 aromatic heterocycles. The SMILES string of the molecule is O=C(CC1(O)CCCC1)NCc1cccc(OCC(F)F)c1. The van der Waals surface area contributed by atoms with Crippen LogP contribution in [0.15, 0.2) is 24.3 Å². The zero-order chi connectivity index (χ0) is 16.0. The van der Waals surface area contributed by atoms with Crippen LogP contribution in [0.25, 0.3) is 0 Å². The highest BCUT2D eigenvalue weighted by molar-refractivity contribution is 5.77. The Labute approximate surface area is 128 Å². The molecule has 1 saturated carbocycles. The van der Waals surface area contributed by atoms with Gasteiger partial charge in [-0.15, -0.1) is 0 Å². The normalized spacial score (nSPS) is 16.7. The Bertz CT molecular complexity index is 502. The Morgan fingerprint density at radius 1 is 1.36 bits per heavy atom. The number of hydrogen-bond donors (Lipinski definition) is 2. The monoisotopic (exact) mass is 313 g/mol. The molecule has 0 unspecified atom stereocenters. The number of carbonyl (C=O) groups excluding carboxylic acids is 1. The van der Waals surface area contributed by atoms with Crippen LogP contribution in [0.1, 0.15) is 37.7 Å². The van der Waals surface area contributed by atoms with Crippen LogP contribution in [-0.4, -0.2) is 29.6 Å². The van der Waals surface area contributed by atoms with Crippen molar-refractivity contribution in [2.45, 2.75) is 50.7 Å². The van der Waals surface area contributed by atoms with Gasteiger partial charge in [0.15, 0.2) is 0 Å². The summed E-state index contributed by atoms with van der Waals surface area (Å²) in [5, 5.41) is 12.9. The van der Waals surface area contributed by atoms with Crippen molar-refractivity contribution in [3.8, 4) is 5.75 Å². The Morgan fingerprint density at radius 3 is 2.77 bits per heavy atom. The summed E-state index contributed by atoms with van der Waals surface area (Å²) in [6.45, 7) is -0.371. The number of halogens is 2. The summed E-state index contributed by atoms with van der Waals surface area (Å²) in [6.07, 6.45) is 0.819. The molecule has 0 saturated heterocycles. The standard InChI is InChI=1S/C16H21F2NO3/c17-14(18)11-22-13-5-3-4-12(8-13)10-19-15(20)9-16(21)6-1-2-7-16/h3-5,8,14,21H,1-2,6-7,9-11H2,(H,19,20). The number of ether oxygens (including phenoxy) is 1. The molecule has 2 rings (SSSR count). The first kappa shape index (κ1) is 16.7. The summed E-state index contributed by atoms with van der Waals surface area (Å²) in [5.74, 6) is 0.143. The van der Waals surface area contributed by atoms with Gasteiger partial charge in [0.2, 0.25) is 5.91 Å². The third-order valence-corrected chi connectivity index (χ3v) is 3.79. The third-order valence-electron chi connectivity index (χ3n) is 3.79. The lowest BCUT2D eigenvalue weighted by Crippen LogP contribution is -2.34. The third kappa shape index (κ3) is 5.26. The molecule has 0 atom stereocenters. The molecule has 0 aliphatic heterocycles. The van der Waals surface area contributed by atoms with Gasteiger partial charge in [0.25, 0.3) is 6.43 Å². The van der Waals surface area contributed by atoms with Crippen molar-refractivity contribution in [2.75, 3.05) is 6.61 Å². The molecule has 0 bridgehead atoms. The fraction of sp³-hybridized carbons (Fsp3) is 0.562. The second-order valence-corrected chi connectivity index (χ2v) is 5.73. The highest BCUT2D eigenvalue weighted by Crippen LogP contribution is 2.32. The highest BCUT2D eigenvalue weighted by atomic mass is 19.3. The van der Waals surface area contributed by atoms with Crippen molar-refractivity contribution in [2.24, 2.45) is 0 Å². The molecular formula is C16H21F2NO3. The number of alkyl halides is 2. The van der Waals surface area contributed by atoms with E-state index in [0.29, 0.717) is 18.6 Å². The lowest BCUT2D eigenvalue weighted by atomic mass is 9.97. The second kappa shape index (κ2) is 7.54. The molecule has 1 amide bonds. The van der Waals surface area contributed by atoms with Crippen LogP contribution in [0.2, 0.25) is 0 Å². The minimum absolute atomic E-state index is 0.106. The summed E-state index contributed by atoms with van der Waals surface area (Å²) >= 11 is 0. The second-order valence-electron chi connectivity index (χ2n) is 5.73. The van der Waals surface area contributed by atoms with E-state index in [1.54, 1.807) is 24.3 Å². The molecule has 0 spiro atoms. The van der Waals surface area contributed by atoms with E-state index in [0.717, 1.165) is 18.4 Å². The van der Waals surface area contributed by atoms with Gasteiger partial charge in [-0.3, -0.25) is 4.79 Å². The number of carbonyl (C=O) groups is 1. The Morgan fingerprint density at radius 2 is 2.09 bits per heavy atom. The summed E-state index contributed by atoms with van der Waals surface area (Å²) in [7, 11) is 0. The maximum Gasteiger partial charge on any atom is 0.272 e. The van der Waals surface area contributed by atoms with Gasteiger partial charge in [-0.2, -0.15) is 0 Å². The smallest absolute Gasteiger partial charge is 0.272 e. The van der Waals surface area contributed by atoms with Crippen LogP contribution in [-0.2, 0) is 11.3 Å². The average molecular weight is 313 g/mol. The van der Waals surface area contributed by atoms with E-state index < -0.39 is 18.6 Å².